The fraction of sp³-hybridized carbons (Fsp3) is 0.467. The van der Waals surface area contributed by atoms with Gasteiger partial charge in [-0.05, 0) is 19.9 Å². The SMILES string of the molecule is CC(=O)NC(CC(=O)NCC(C)(C)N)c1ccc(F)cc1F. The zero-order chi connectivity index (χ0) is 16.9. The molecule has 22 heavy (non-hydrogen) atoms. The van der Waals surface area contributed by atoms with Crippen molar-refractivity contribution in [2.45, 2.75) is 38.8 Å². The summed E-state index contributed by atoms with van der Waals surface area (Å²) >= 11 is 0. The van der Waals surface area contributed by atoms with Crippen molar-refractivity contribution in [3.63, 3.8) is 0 Å². The Morgan fingerprint density at radius 2 is 1.95 bits per heavy atom. The maximum Gasteiger partial charge on any atom is 0.222 e. The molecule has 0 fully saturated rings. The first-order valence-electron chi connectivity index (χ1n) is 6.86. The summed E-state index contributed by atoms with van der Waals surface area (Å²) in [6.45, 7) is 5.00. The van der Waals surface area contributed by atoms with Crippen molar-refractivity contribution >= 4 is 11.8 Å². The van der Waals surface area contributed by atoms with Crippen LogP contribution in [-0.4, -0.2) is 23.9 Å². The van der Waals surface area contributed by atoms with Crippen LogP contribution in [0.2, 0.25) is 0 Å². The quantitative estimate of drug-likeness (QED) is 0.742. The lowest BCUT2D eigenvalue weighted by atomic mass is 10.0. The number of nitrogens with one attached hydrogen (secondary N) is 2. The lowest BCUT2D eigenvalue weighted by molar-refractivity contribution is -0.123. The van der Waals surface area contributed by atoms with Crippen LogP contribution < -0.4 is 16.4 Å². The summed E-state index contributed by atoms with van der Waals surface area (Å²) in [5, 5.41) is 5.11. The van der Waals surface area contributed by atoms with Gasteiger partial charge in [-0.1, -0.05) is 6.07 Å². The minimum Gasteiger partial charge on any atom is -0.354 e. The molecule has 0 bridgehead atoms. The number of benzene rings is 1. The van der Waals surface area contributed by atoms with Gasteiger partial charge in [-0.25, -0.2) is 8.78 Å². The summed E-state index contributed by atoms with van der Waals surface area (Å²) < 4.78 is 26.8. The highest BCUT2D eigenvalue weighted by Gasteiger charge is 2.21. The number of hydrogen-bond donors (Lipinski definition) is 3. The van der Waals surface area contributed by atoms with E-state index in [1.165, 1.54) is 13.0 Å². The molecule has 5 nitrogen and oxygen atoms in total. The second kappa shape index (κ2) is 7.31. The molecule has 0 saturated carbocycles. The Morgan fingerprint density at radius 3 is 2.45 bits per heavy atom. The monoisotopic (exact) mass is 313 g/mol. The average Bonchev–Trinajstić information content (AvgIpc) is 2.34. The molecule has 4 N–H and O–H groups in total. The fourth-order valence-corrected chi connectivity index (χ4v) is 1.85. The topological polar surface area (TPSA) is 84.2 Å². The number of amides is 2. The lowest BCUT2D eigenvalue weighted by Gasteiger charge is -2.22. The first kappa shape index (κ1) is 18.0. The molecule has 0 aliphatic heterocycles. The Labute approximate surface area is 128 Å². The Bertz CT molecular complexity index is 556. The largest absolute Gasteiger partial charge is 0.354 e. The van der Waals surface area contributed by atoms with Crippen LogP contribution in [0.25, 0.3) is 0 Å². The highest BCUT2D eigenvalue weighted by molar-refractivity contribution is 5.79. The normalized spacial score (nSPS) is 12.6. The van der Waals surface area contributed by atoms with E-state index in [4.69, 9.17) is 5.73 Å². The van der Waals surface area contributed by atoms with E-state index in [-0.39, 0.29) is 24.4 Å². The molecule has 2 amide bonds. The van der Waals surface area contributed by atoms with Crippen molar-refractivity contribution in [1.29, 1.82) is 0 Å². The minimum atomic E-state index is -0.876. The maximum absolute atomic E-state index is 13.8. The number of carbonyl (C=O) groups excluding carboxylic acids is 2. The molecule has 1 atom stereocenters. The van der Waals surface area contributed by atoms with Gasteiger partial charge in [0.05, 0.1) is 12.5 Å². The number of carbonyl (C=O) groups is 2. The summed E-state index contributed by atoms with van der Waals surface area (Å²) in [7, 11) is 0. The highest BCUT2D eigenvalue weighted by atomic mass is 19.1. The van der Waals surface area contributed by atoms with Crippen LogP contribution in [0.15, 0.2) is 18.2 Å². The molecule has 122 valence electrons. The van der Waals surface area contributed by atoms with E-state index in [9.17, 15) is 18.4 Å². The maximum atomic E-state index is 13.8. The van der Waals surface area contributed by atoms with Crippen molar-refractivity contribution in [3.8, 4) is 0 Å². The summed E-state index contributed by atoms with van der Waals surface area (Å²) in [5.41, 5.74) is 5.23. The van der Waals surface area contributed by atoms with Crippen LogP contribution in [-0.2, 0) is 9.59 Å². The van der Waals surface area contributed by atoms with E-state index in [1.807, 2.05) is 0 Å². The third kappa shape index (κ3) is 6.17. The van der Waals surface area contributed by atoms with Crippen LogP contribution in [0.3, 0.4) is 0 Å². The second-order valence-electron chi connectivity index (χ2n) is 5.89. The number of halogens is 2. The van der Waals surface area contributed by atoms with Crippen molar-refractivity contribution in [2.75, 3.05) is 6.54 Å². The lowest BCUT2D eigenvalue weighted by Crippen LogP contribution is -2.45. The predicted octanol–water partition coefficient (Wildman–Crippen LogP) is 1.39. The number of rotatable bonds is 6. The average molecular weight is 313 g/mol. The van der Waals surface area contributed by atoms with E-state index >= 15 is 0 Å². The molecule has 1 unspecified atom stereocenters. The van der Waals surface area contributed by atoms with Crippen molar-refractivity contribution < 1.29 is 18.4 Å². The van der Waals surface area contributed by atoms with Gasteiger partial charge < -0.3 is 16.4 Å². The van der Waals surface area contributed by atoms with E-state index in [2.05, 4.69) is 10.6 Å². The summed E-state index contributed by atoms with van der Waals surface area (Å²) in [6, 6.07) is 2.13. The van der Waals surface area contributed by atoms with Crippen molar-refractivity contribution in [2.24, 2.45) is 5.73 Å². The van der Waals surface area contributed by atoms with Gasteiger partial charge in [0.2, 0.25) is 11.8 Å². The standard InChI is InChI=1S/C15H21F2N3O2/c1-9(21)20-13(7-14(22)19-8-15(2,3)18)11-5-4-10(16)6-12(11)17/h4-6,13H,7-8,18H2,1-3H3,(H,19,22)(H,20,21). The molecule has 0 saturated heterocycles. The summed E-state index contributed by atoms with van der Waals surface area (Å²) in [4.78, 5) is 23.2. The van der Waals surface area contributed by atoms with Gasteiger partial charge in [-0.15, -0.1) is 0 Å². The molecule has 0 aliphatic rings. The third-order valence-electron chi connectivity index (χ3n) is 2.85. The van der Waals surface area contributed by atoms with Gasteiger partial charge in [0.25, 0.3) is 0 Å². The Balaban J connectivity index is 2.85. The van der Waals surface area contributed by atoms with E-state index in [1.54, 1.807) is 13.8 Å². The van der Waals surface area contributed by atoms with Gasteiger partial charge in [-0.2, -0.15) is 0 Å². The molecule has 1 aromatic carbocycles. The molecule has 0 aliphatic carbocycles. The van der Waals surface area contributed by atoms with Crippen molar-refractivity contribution in [3.05, 3.63) is 35.4 Å². The molecule has 0 spiro atoms. The Kier molecular flexibility index (Phi) is 5.99. The van der Waals surface area contributed by atoms with E-state index in [0.29, 0.717) is 6.07 Å². The van der Waals surface area contributed by atoms with Gasteiger partial charge in [0.1, 0.15) is 11.6 Å². The Morgan fingerprint density at radius 1 is 1.32 bits per heavy atom. The van der Waals surface area contributed by atoms with Gasteiger partial charge in [0, 0.05) is 30.6 Å². The molecule has 0 radical (unpaired) electrons. The fourth-order valence-electron chi connectivity index (χ4n) is 1.85. The van der Waals surface area contributed by atoms with Crippen LogP contribution in [0.5, 0.6) is 0 Å². The summed E-state index contributed by atoms with van der Waals surface area (Å²) in [6.07, 6.45) is -0.168. The Hall–Kier alpha value is -2.02. The zero-order valence-electron chi connectivity index (χ0n) is 12.9. The van der Waals surface area contributed by atoms with E-state index in [0.717, 1.165) is 6.07 Å². The first-order valence-corrected chi connectivity index (χ1v) is 6.86. The molecule has 0 heterocycles. The second-order valence-corrected chi connectivity index (χ2v) is 5.89. The van der Waals surface area contributed by atoms with Gasteiger partial charge >= 0.3 is 0 Å². The number of nitrogens with two attached hydrogens (primary N) is 1. The molecular weight excluding hydrogens is 292 g/mol. The van der Waals surface area contributed by atoms with Crippen LogP contribution in [0.1, 0.15) is 38.8 Å². The molecule has 1 rings (SSSR count). The molecule has 1 aromatic rings. The zero-order valence-corrected chi connectivity index (χ0v) is 12.9. The smallest absolute Gasteiger partial charge is 0.222 e. The highest BCUT2D eigenvalue weighted by Crippen LogP contribution is 2.21. The van der Waals surface area contributed by atoms with E-state index < -0.39 is 29.1 Å². The molecule has 0 aromatic heterocycles. The van der Waals surface area contributed by atoms with Gasteiger partial charge in [0.15, 0.2) is 0 Å². The first-order chi connectivity index (χ1) is 10.1. The van der Waals surface area contributed by atoms with Crippen LogP contribution in [0.4, 0.5) is 8.78 Å². The number of hydrogen-bond acceptors (Lipinski definition) is 3. The predicted molar refractivity (Wildman–Crippen MR) is 78.8 cm³/mol. The van der Waals surface area contributed by atoms with Crippen LogP contribution in [0, 0.1) is 11.6 Å². The van der Waals surface area contributed by atoms with Gasteiger partial charge in [-0.3, -0.25) is 9.59 Å². The third-order valence-corrected chi connectivity index (χ3v) is 2.85. The van der Waals surface area contributed by atoms with Crippen molar-refractivity contribution in [1.82, 2.24) is 10.6 Å². The molecule has 7 heteroatoms. The summed E-state index contributed by atoms with van der Waals surface area (Å²) in [5.74, 6) is -2.34. The molecular formula is C15H21F2N3O2. The van der Waals surface area contributed by atoms with Crippen LogP contribution >= 0.6 is 0 Å². The minimum absolute atomic E-state index is 0.0544.